The van der Waals surface area contributed by atoms with Crippen LogP contribution in [0.5, 0.6) is 5.75 Å². The van der Waals surface area contributed by atoms with Crippen LogP contribution >= 0.6 is 11.6 Å². The molecule has 0 aliphatic heterocycles. The quantitative estimate of drug-likeness (QED) is 0.853. The van der Waals surface area contributed by atoms with Gasteiger partial charge in [0.1, 0.15) is 5.75 Å². The van der Waals surface area contributed by atoms with Crippen molar-refractivity contribution in [1.82, 2.24) is 5.32 Å². The third-order valence-electron chi connectivity index (χ3n) is 4.47. The van der Waals surface area contributed by atoms with Gasteiger partial charge in [0.25, 0.3) is 0 Å². The topological polar surface area (TPSA) is 21.3 Å². The summed E-state index contributed by atoms with van der Waals surface area (Å²) in [7, 11) is 0. The van der Waals surface area contributed by atoms with Crippen molar-refractivity contribution in [3.8, 4) is 5.75 Å². The van der Waals surface area contributed by atoms with Gasteiger partial charge in [-0.1, -0.05) is 38.4 Å². The molecule has 3 unspecified atom stereocenters. The second-order valence-corrected chi connectivity index (χ2v) is 6.41. The lowest BCUT2D eigenvalue weighted by atomic mass is 9.80. The zero-order valence-electron chi connectivity index (χ0n) is 12.8. The molecule has 0 spiro atoms. The summed E-state index contributed by atoms with van der Waals surface area (Å²) in [6.45, 7) is 8.48. The average Bonchev–Trinajstić information content (AvgIpc) is 2.42. The first kappa shape index (κ1) is 15.7. The Balaban J connectivity index is 2.07. The number of nitrogens with one attached hydrogen (secondary N) is 1. The molecule has 0 radical (unpaired) electrons. The largest absolute Gasteiger partial charge is 0.490 e. The SMILES string of the molecule is CCNCc1c(Cl)cccc1OC1CCC(C)C(C)C1. The molecule has 0 bridgehead atoms. The summed E-state index contributed by atoms with van der Waals surface area (Å²) in [6, 6.07) is 5.95. The molecule has 0 saturated heterocycles. The molecule has 0 aromatic heterocycles. The number of hydrogen-bond donors (Lipinski definition) is 1. The van der Waals surface area contributed by atoms with E-state index in [-0.39, 0.29) is 0 Å². The lowest BCUT2D eigenvalue weighted by Crippen LogP contribution is -2.29. The highest BCUT2D eigenvalue weighted by Gasteiger charge is 2.26. The highest BCUT2D eigenvalue weighted by Crippen LogP contribution is 2.34. The van der Waals surface area contributed by atoms with Crippen molar-refractivity contribution in [3.63, 3.8) is 0 Å². The van der Waals surface area contributed by atoms with E-state index in [1.165, 1.54) is 6.42 Å². The minimum atomic E-state index is 0.333. The van der Waals surface area contributed by atoms with Crippen LogP contribution < -0.4 is 10.1 Å². The van der Waals surface area contributed by atoms with Crippen molar-refractivity contribution in [3.05, 3.63) is 28.8 Å². The van der Waals surface area contributed by atoms with Gasteiger partial charge in [0.05, 0.1) is 6.10 Å². The summed E-state index contributed by atoms with van der Waals surface area (Å²) < 4.78 is 6.26. The van der Waals surface area contributed by atoms with Crippen LogP contribution in [0, 0.1) is 11.8 Å². The highest BCUT2D eigenvalue weighted by atomic mass is 35.5. The molecule has 3 atom stereocenters. The van der Waals surface area contributed by atoms with Gasteiger partial charge in [-0.25, -0.2) is 0 Å². The van der Waals surface area contributed by atoms with Gasteiger partial charge in [-0.3, -0.25) is 0 Å². The third kappa shape index (κ3) is 3.89. The summed E-state index contributed by atoms with van der Waals surface area (Å²) in [5.41, 5.74) is 1.09. The van der Waals surface area contributed by atoms with Gasteiger partial charge in [-0.15, -0.1) is 0 Å². The molecule has 1 fully saturated rings. The lowest BCUT2D eigenvalue weighted by Gasteiger charge is -2.32. The normalized spacial score (nSPS) is 26.5. The minimum Gasteiger partial charge on any atom is -0.490 e. The third-order valence-corrected chi connectivity index (χ3v) is 4.83. The second-order valence-electron chi connectivity index (χ2n) is 6.00. The van der Waals surface area contributed by atoms with E-state index in [2.05, 4.69) is 26.1 Å². The number of ether oxygens (including phenoxy) is 1. The van der Waals surface area contributed by atoms with Crippen molar-refractivity contribution >= 4 is 11.6 Å². The van der Waals surface area contributed by atoms with Crippen LogP contribution in [-0.2, 0) is 6.54 Å². The van der Waals surface area contributed by atoms with Gasteiger partial charge < -0.3 is 10.1 Å². The molecule has 112 valence electrons. The Morgan fingerprint density at radius 2 is 2.05 bits per heavy atom. The molecule has 0 heterocycles. The van der Waals surface area contributed by atoms with Gasteiger partial charge in [0, 0.05) is 17.1 Å². The van der Waals surface area contributed by atoms with Crippen LogP contribution in [0.1, 0.15) is 45.6 Å². The van der Waals surface area contributed by atoms with Gasteiger partial charge in [0.2, 0.25) is 0 Å². The van der Waals surface area contributed by atoms with Crippen LogP contribution in [0.15, 0.2) is 18.2 Å². The first-order valence-corrected chi connectivity index (χ1v) is 8.14. The van der Waals surface area contributed by atoms with E-state index in [1.54, 1.807) is 0 Å². The standard InChI is InChI=1S/C17H26ClNO/c1-4-19-11-15-16(18)6-5-7-17(15)20-14-9-8-12(2)13(3)10-14/h5-7,12-14,19H,4,8-11H2,1-3H3. The molecule has 1 aromatic rings. The summed E-state index contributed by atoms with van der Waals surface area (Å²) in [6.07, 6.45) is 3.89. The number of halogens is 1. The second kappa shape index (κ2) is 7.33. The summed E-state index contributed by atoms with van der Waals surface area (Å²) in [4.78, 5) is 0. The maximum Gasteiger partial charge on any atom is 0.125 e. The predicted octanol–water partition coefficient (Wildman–Crippen LogP) is 4.65. The molecule has 0 amide bonds. The van der Waals surface area contributed by atoms with Crippen LogP contribution in [-0.4, -0.2) is 12.6 Å². The van der Waals surface area contributed by atoms with E-state index < -0.39 is 0 Å². The molecular formula is C17H26ClNO. The fraction of sp³-hybridized carbons (Fsp3) is 0.647. The molecule has 2 rings (SSSR count). The minimum absolute atomic E-state index is 0.333. The van der Waals surface area contributed by atoms with Gasteiger partial charge in [0.15, 0.2) is 0 Å². The first-order valence-electron chi connectivity index (χ1n) is 7.76. The van der Waals surface area contributed by atoms with Crippen LogP contribution in [0.3, 0.4) is 0 Å². The zero-order valence-corrected chi connectivity index (χ0v) is 13.5. The van der Waals surface area contributed by atoms with Gasteiger partial charge in [-0.2, -0.15) is 0 Å². The molecule has 1 saturated carbocycles. The Labute approximate surface area is 127 Å². The molecule has 1 N–H and O–H groups in total. The van der Waals surface area contributed by atoms with Crippen molar-refractivity contribution < 1.29 is 4.74 Å². The number of hydrogen-bond acceptors (Lipinski definition) is 2. The zero-order chi connectivity index (χ0) is 14.5. The molecule has 2 nitrogen and oxygen atoms in total. The van der Waals surface area contributed by atoms with E-state index in [1.807, 2.05) is 18.2 Å². The first-order chi connectivity index (χ1) is 9.61. The summed E-state index contributed by atoms with van der Waals surface area (Å²) >= 11 is 6.31. The lowest BCUT2D eigenvalue weighted by molar-refractivity contribution is 0.0996. The van der Waals surface area contributed by atoms with Crippen LogP contribution in [0.25, 0.3) is 0 Å². The van der Waals surface area contributed by atoms with E-state index in [0.717, 1.165) is 54.1 Å². The molecule has 3 heteroatoms. The molecule has 1 aliphatic carbocycles. The molecule has 1 aliphatic rings. The van der Waals surface area contributed by atoms with Crippen LogP contribution in [0.2, 0.25) is 5.02 Å². The highest BCUT2D eigenvalue weighted by molar-refractivity contribution is 6.31. The van der Waals surface area contributed by atoms with Crippen molar-refractivity contribution in [2.75, 3.05) is 6.54 Å². The Morgan fingerprint density at radius 3 is 2.75 bits per heavy atom. The van der Waals surface area contributed by atoms with E-state index in [0.29, 0.717) is 6.10 Å². The van der Waals surface area contributed by atoms with Gasteiger partial charge >= 0.3 is 0 Å². The summed E-state index contributed by atoms with van der Waals surface area (Å²) in [5, 5.41) is 4.13. The Hall–Kier alpha value is -0.730. The van der Waals surface area contributed by atoms with E-state index in [9.17, 15) is 0 Å². The van der Waals surface area contributed by atoms with Gasteiger partial charge in [-0.05, 0) is 49.8 Å². The fourth-order valence-electron chi connectivity index (χ4n) is 2.86. The Morgan fingerprint density at radius 1 is 1.25 bits per heavy atom. The number of rotatable bonds is 5. The average molecular weight is 296 g/mol. The van der Waals surface area contributed by atoms with Crippen molar-refractivity contribution in [2.24, 2.45) is 11.8 Å². The smallest absolute Gasteiger partial charge is 0.125 e. The van der Waals surface area contributed by atoms with Crippen molar-refractivity contribution in [1.29, 1.82) is 0 Å². The maximum atomic E-state index is 6.31. The summed E-state index contributed by atoms with van der Waals surface area (Å²) in [5.74, 6) is 2.51. The van der Waals surface area contributed by atoms with Crippen molar-refractivity contribution in [2.45, 2.75) is 52.7 Å². The number of benzene rings is 1. The molecular weight excluding hydrogens is 270 g/mol. The van der Waals surface area contributed by atoms with E-state index in [4.69, 9.17) is 16.3 Å². The molecule has 1 aromatic carbocycles. The van der Waals surface area contributed by atoms with E-state index >= 15 is 0 Å². The fourth-order valence-corrected chi connectivity index (χ4v) is 3.09. The molecule has 20 heavy (non-hydrogen) atoms. The predicted molar refractivity (Wildman–Crippen MR) is 85.4 cm³/mol. The Bertz CT molecular complexity index is 435. The maximum absolute atomic E-state index is 6.31. The monoisotopic (exact) mass is 295 g/mol. The van der Waals surface area contributed by atoms with Crippen LogP contribution in [0.4, 0.5) is 0 Å². The Kier molecular flexibility index (Phi) is 5.74.